The number of methoxy groups -OCH3 is 1. The minimum Gasteiger partial charge on any atom is -0.467 e. The summed E-state index contributed by atoms with van der Waals surface area (Å²) in [6.45, 7) is 0.663. The Morgan fingerprint density at radius 2 is 1.61 bits per heavy atom. The summed E-state index contributed by atoms with van der Waals surface area (Å²) in [5.74, 6) is 0.837. The number of hydrogen-bond donors (Lipinski definition) is 0. The molecule has 5 heteroatoms. The average molecular weight is 254 g/mol. The molecule has 1 aliphatic rings. The molecule has 1 aliphatic carbocycles. The maximum atomic E-state index is 5.44. The Morgan fingerprint density at radius 3 is 2.28 bits per heavy atom. The van der Waals surface area contributed by atoms with Crippen LogP contribution in [0.3, 0.4) is 0 Å². The van der Waals surface area contributed by atoms with E-state index in [1.54, 1.807) is 7.11 Å². The van der Waals surface area contributed by atoms with Crippen LogP contribution in [0.5, 0.6) is 5.75 Å². The van der Waals surface area contributed by atoms with Crippen molar-refractivity contribution in [3.8, 4) is 5.75 Å². The summed E-state index contributed by atoms with van der Waals surface area (Å²) < 4.78 is 25.2. The van der Waals surface area contributed by atoms with Gasteiger partial charge in [0.1, 0.15) is 12.5 Å². The highest BCUT2D eigenvalue weighted by Gasteiger charge is 2.12. The summed E-state index contributed by atoms with van der Waals surface area (Å²) >= 11 is 0. The van der Waals surface area contributed by atoms with Gasteiger partial charge in [-0.25, -0.2) is 0 Å². The monoisotopic (exact) mass is 254 g/mol. The van der Waals surface area contributed by atoms with Crippen molar-refractivity contribution < 1.29 is 23.7 Å². The van der Waals surface area contributed by atoms with Crippen LogP contribution in [0.2, 0.25) is 0 Å². The Bertz CT molecular complexity index is 366. The lowest BCUT2D eigenvalue weighted by molar-refractivity contribution is -0.177. The molecular formula is C13H18O5. The van der Waals surface area contributed by atoms with E-state index in [-0.39, 0.29) is 27.2 Å². The standard InChI is InChI=1S/C13H18O5/c1-14-7-15-8-16-9-17-10-18-13-5-4-11-2-3-12(11)6-13/h4-6H,2-3,7-10H2,1H3. The molecule has 0 saturated carbocycles. The van der Waals surface area contributed by atoms with Gasteiger partial charge in [0.25, 0.3) is 0 Å². The molecule has 0 atom stereocenters. The van der Waals surface area contributed by atoms with Gasteiger partial charge in [-0.3, -0.25) is 0 Å². The van der Waals surface area contributed by atoms with E-state index >= 15 is 0 Å². The molecule has 1 aromatic rings. The van der Waals surface area contributed by atoms with E-state index in [0.29, 0.717) is 0 Å². The van der Waals surface area contributed by atoms with Crippen molar-refractivity contribution in [1.29, 1.82) is 0 Å². The van der Waals surface area contributed by atoms with E-state index in [0.717, 1.165) is 12.2 Å². The van der Waals surface area contributed by atoms with Crippen LogP contribution in [0.15, 0.2) is 18.2 Å². The fourth-order valence-electron chi connectivity index (χ4n) is 1.67. The zero-order valence-electron chi connectivity index (χ0n) is 10.5. The minimum absolute atomic E-state index is 0.134. The minimum atomic E-state index is 0.134. The first-order valence-corrected chi connectivity index (χ1v) is 5.87. The second-order valence-corrected chi connectivity index (χ2v) is 3.95. The molecule has 18 heavy (non-hydrogen) atoms. The molecule has 0 fully saturated rings. The van der Waals surface area contributed by atoms with E-state index in [9.17, 15) is 0 Å². The van der Waals surface area contributed by atoms with Crippen molar-refractivity contribution in [2.24, 2.45) is 0 Å². The molecule has 0 unspecified atom stereocenters. The molecule has 0 radical (unpaired) electrons. The van der Waals surface area contributed by atoms with E-state index < -0.39 is 0 Å². The molecule has 0 saturated heterocycles. The number of aryl methyl sites for hydroxylation is 2. The zero-order valence-corrected chi connectivity index (χ0v) is 10.5. The predicted molar refractivity (Wildman–Crippen MR) is 64.2 cm³/mol. The third kappa shape index (κ3) is 3.96. The molecule has 0 amide bonds. The molecule has 0 aromatic heterocycles. The molecule has 0 aliphatic heterocycles. The van der Waals surface area contributed by atoms with Gasteiger partial charge in [0.2, 0.25) is 0 Å². The molecule has 2 rings (SSSR count). The summed E-state index contributed by atoms with van der Waals surface area (Å²) in [6, 6.07) is 6.12. The Balaban J connectivity index is 1.51. The lowest BCUT2D eigenvalue weighted by atomic mass is 9.89. The van der Waals surface area contributed by atoms with Crippen molar-refractivity contribution in [3.63, 3.8) is 0 Å². The lowest BCUT2D eigenvalue weighted by Gasteiger charge is -2.19. The van der Waals surface area contributed by atoms with Gasteiger partial charge in [0.15, 0.2) is 20.4 Å². The highest BCUT2D eigenvalue weighted by Crippen LogP contribution is 2.26. The normalized spacial score (nSPS) is 12.9. The fourth-order valence-corrected chi connectivity index (χ4v) is 1.67. The molecule has 5 nitrogen and oxygen atoms in total. The predicted octanol–water partition coefficient (Wildman–Crippen LogP) is 1.69. The van der Waals surface area contributed by atoms with Crippen LogP contribution in [0.1, 0.15) is 11.1 Å². The maximum absolute atomic E-state index is 5.44. The molecule has 1 aromatic carbocycles. The number of rotatable bonds is 9. The first kappa shape index (κ1) is 13.3. The molecule has 0 spiro atoms. The summed E-state index contributed by atoms with van der Waals surface area (Å²) in [5.41, 5.74) is 2.79. The van der Waals surface area contributed by atoms with E-state index in [4.69, 9.17) is 18.9 Å². The molecule has 0 bridgehead atoms. The number of benzene rings is 1. The van der Waals surface area contributed by atoms with Gasteiger partial charge < -0.3 is 23.7 Å². The second kappa shape index (κ2) is 7.33. The SMILES string of the molecule is COCOCOCOCOc1ccc2c(c1)CC2. The number of ether oxygens (including phenoxy) is 5. The van der Waals surface area contributed by atoms with Gasteiger partial charge in [-0.1, -0.05) is 6.07 Å². The van der Waals surface area contributed by atoms with Crippen LogP contribution in [-0.4, -0.2) is 34.3 Å². The Hall–Kier alpha value is -1.14. The van der Waals surface area contributed by atoms with Crippen LogP contribution in [0.25, 0.3) is 0 Å². The Morgan fingerprint density at radius 1 is 0.889 bits per heavy atom. The molecule has 0 heterocycles. The number of hydrogen-bond acceptors (Lipinski definition) is 5. The van der Waals surface area contributed by atoms with Gasteiger partial charge in [0.05, 0.1) is 0 Å². The van der Waals surface area contributed by atoms with Crippen molar-refractivity contribution in [3.05, 3.63) is 29.3 Å². The maximum Gasteiger partial charge on any atom is 0.191 e. The van der Waals surface area contributed by atoms with Crippen molar-refractivity contribution in [2.45, 2.75) is 12.8 Å². The van der Waals surface area contributed by atoms with Crippen LogP contribution < -0.4 is 4.74 Å². The Kier molecular flexibility index (Phi) is 5.41. The van der Waals surface area contributed by atoms with E-state index in [1.165, 1.54) is 17.5 Å². The first-order valence-electron chi connectivity index (χ1n) is 5.87. The quantitative estimate of drug-likeness (QED) is 0.495. The van der Waals surface area contributed by atoms with Crippen LogP contribution in [0, 0.1) is 0 Å². The smallest absolute Gasteiger partial charge is 0.191 e. The van der Waals surface area contributed by atoms with Crippen molar-refractivity contribution in [2.75, 3.05) is 34.3 Å². The van der Waals surface area contributed by atoms with Crippen molar-refractivity contribution >= 4 is 0 Å². The Labute approximate surface area is 107 Å². The van der Waals surface area contributed by atoms with Crippen LogP contribution in [-0.2, 0) is 31.8 Å². The lowest BCUT2D eigenvalue weighted by Crippen LogP contribution is -2.11. The largest absolute Gasteiger partial charge is 0.467 e. The van der Waals surface area contributed by atoms with Crippen LogP contribution in [0.4, 0.5) is 0 Å². The van der Waals surface area contributed by atoms with E-state index in [1.807, 2.05) is 6.07 Å². The van der Waals surface area contributed by atoms with Gasteiger partial charge >= 0.3 is 0 Å². The topological polar surface area (TPSA) is 46.2 Å². The second-order valence-electron chi connectivity index (χ2n) is 3.95. The summed E-state index contributed by atoms with van der Waals surface area (Å²) in [5, 5.41) is 0. The zero-order chi connectivity index (χ0) is 12.6. The van der Waals surface area contributed by atoms with Gasteiger partial charge in [-0.05, 0) is 36.1 Å². The summed E-state index contributed by atoms with van der Waals surface area (Å²) in [6.07, 6.45) is 2.33. The number of fused-ring (bicyclic) bond motifs is 1. The highest BCUT2D eigenvalue weighted by molar-refractivity contribution is 5.41. The third-order valence-electron chi connectivity index (χ3n) is 2.68. The van der Waals surface area contributed by atoms with E-state index in [2.05, 4.69) is 16.9 Å². The first-order chi connectivity index (χ1) is 8.90. The molecule has 100 valence electrons. The summed E-state index contributed by atoms with van der Waals surface area (Å²) in [7, 11) is 1.55. The highest BCUT2D eigenvalue weighted by atomic mass is 16.8. The molecular weight excluding hydrogens is 236 g/mol. The average Bonchev–Trinajstić information content (AvgIpc) is 2.35. The molecule has 0 N–H and O–H groups in total. The van der Waals surface area contributed by atoms with Gasteiger partial charge in [0, 0.05) is 7.11 Å². The van der Waals surface area contributed by atoms with Gasteiger partial charge in [-0.15, -0.1) is 0 Å². The summed E-state index contributed by atoms with van der Waals surface area (Å²) in [4.78, 5) is 0. The van der Waals surface area contributed by atoms with Gasteiger partial charge in [-0.2, -0.15) is 0 Å². The van der Waals surface area contributed by atoms with Crippen LogP contribution >= 0.6 is 0 Å². The fraction of sp³-hybridized carbons (Fsp3) is 0.538. The van der Waals surface area contributed by atoms with Crippen molar-refractivity contribution in [1.82, 2.24) is 0 Å². The third-order valence-corrected chi connectivity index (χ3v) is 2.68.